The molecular formula is C13H17N5O6. The molecule has 1 unspecified atom stereocenters. The largest absolute Gasteiger partial charge is 0.479 e. The molecule has 5 N–H and O–H groups in total. The van der Waals surface area contributed by atoms with Crippen LogP contribution in [0.4, 0.5) is 5.95 Å². The van der Waals surface area contributed by atoms with Gasteiger partial charge in [-0.1, -0.05) is 0 Å². The minimum absolute atomic E-state index is 0.0528. The number of carboxylic acid groups (broad SMARTS) is 1. The van der Waals surface area contributed by atoms with Gasteiger partial charge in [-0.05, 0) is 6.92 Å². The monoisotopic (exact) mass is 339 g/mol. The smallest absolute Gasteiger partial charge is 0.332 e. The van der Waals surface area contributed by atoms with E-state index >= 15 is 0 Å². The van der Waals surface area contributed by atoms with E-state index in [1.54, 1.807) is 0 Å². The first-order valence-corrected chi connectivity index (χ1v) is 7.27. The maximum Gasteiger partial charge on any atom is 0.332 e. The predicted molar refractivity (Wildman–Crippen MR) is 80.1 cm³/mol. The molecule has 11 nitrogen and oxygen atoms in total. The summed E-state index contributed by atoms with van der Waals surface area (Å²) in [7, 11) is 0. The van der Waals surface area contributed by atoms with E-state index in [1.165, 1.54) is 17.8 Å². The van der Waals surface area contributed by atoms with Crippen LogP contribution in [0.2, 0.25) is 0 Å². The summed E-state index contributed by atoms with van der Waals surface area (Å²) in [6, 6.07) is 0. The van der Waals surface area contributed by atoms with E-state index in [2.05, 4.69) is 15.0 Å². The summed E-state index contributed by atoms with van der Waals surface area (Å²) in [4.78, 5) is 32.9. The van der Waals surface area contributed by atoms with Gasteiger partial charge in [-0.2, -0.15) is 4.98 Å². The van der Waals surface area contributed by atoms with Crippen molar-refractivity contribution in [2.24, 2.45) is 0 Å². The van der Waals surface area contributed by atoms with Gasteiger partial charge in [0.1, 0.15) is 12.3 Å². The second-order valence-corrected chi connectivity index (χ2v) is 5.52. The molecular weight excluding hydrogens is 322 g/mol. The maximum absolute atomic E-state index is 11.8. The molecule has 0 aliphatic carbocycles. The number of aliphatic carboxylic acids is 1. The van der Waals surface area contributed by atoms with Crippen molar-refractivity contribution in [3.05, 3.63) is 16.7 Å². The Labute approximate surface area is 135 Å². The fourth-order valence-electron chi connectivity index (χ4n) is 2.50. The van der Waals surface area contributed by atoms with Gasteiger partial charge >= 0.3 is 5.97 Å². The third-order valence-corrected chi connectivity index (χ3v) is 3.82. The average Bonchev–Trinajstić information content (AvgIpc) is 3.08. The molecule has 0 amide bonds. The molecule has 2 aromatic heterocycles. The number of carbonyl (C=O) groups is 1. The second kappa shape index (κ2) is 6.19. The molecule has 24 heavy (non-hydrogen) atoms. The Balaban J connectivity index is 1.77. The molecule has 0 spiro atoms. The third kappa shape index (κ3) is 2.96. The molecule has 1 fully saturated rings. The number of aliphatic hydroxyl groups is 1. The van der Waals surface area contributed by atoms with Crippen molar-refractivity contribution >= 4 is 23.1 Å². The molecule has 4 atom stereocenters. The van der Waals surface area contributed by atoms with Crippen molar-refractivity contribution in [3.8, 4) is 0 Å². The van der Waals surface area contributed by atoms with Gasteiger partial charge in [0.15, 0.2) is 17.3 Å². The lowest BCUT2D eigenvalue weighted by Gasteiger charge is -2.17. The number of H-pyrrole nitrogens is 1. The normalized spacial score (nSPS) is 25.2. The lowest BCUT2D eigenvalue weighted by molar-refractivity contribution is -0.153. The highest BCUT2D eigenvalue weighted by molar-refractivity contribution is 5.71. The fraction of sp³-hybridized carbons (Fsp3) is 0.538. The molecule has 0 bridgehead atoms. The number of nitrogen functional groups attached to an aromatic ring is 1. The number of anilines is 1. The quantitative estimate of drug-likeness (QED) is 0.525. The number of imidazole rings is 1. The van der Waals surface area contributed by atoms with Crippen molar-refractivity contribution in [1.82, 2.24) is 19.5 Å². The molecule has 2 aromatic rings. The van der Waals surface area contributed by atoms with E-state index in [9.17, 15) is 14.7 Å². The standard InChI is InChI=1S/C13H17N5O6/c1-5(12(21)22)23-3-7-6(19)2-8(24-7)18-4-15-9-10(18)16-13(14)17-11(9)20/h4-8,19H,2-3H2,1H3,(H,21,22)(H3,14,16,17,20)/t5?,6-,7+,8+/m0/s1. The maximum atomic E-state index is 11.8. The van der Waals surface area contributed by atoms with Gasteiger partial charge < -0.3 is 25.4 Å². The summed E-state index contributed by atoms with van der Waals surface area (Å²) >= 11 is 0. The first-order valence-electron chi connectivity index (χ1n) is 7.27. The molecule has 11 heteroatoms. The van der Waals surface area contributed by atoms with Gasteiger partial charge in [-0.15, -0.1) is 0 Å². The van der Waals surface area contributed by atoms with E-state index in [0.29, 0.717) is 0 Å². The zero-order valence-electron chi connectivity index (χ0n) is 12.7. The number of nitrogens with one attached hydrogen (secondary N) is 1. The van der Waals surface area contributed by atoms with Crippen LogP contribution in [0.1, 0.15) is 19.6 Å². The zero-order valence-corrected chi connectivity index (χ0v) is 12.7. The van der Waals surface area contributed by atoms with Crippen molar-refractivity contribution in [3.63, 3.8) is 0 Å². The highest BCUT2D eigenvalue weighted by Gasteiger charge is 2.36. The van der Waals surface area contributed by atoms with Gasteiger partial charge in [0, 0.05) is 6.42 Å². The molecule has 0 saturated carbocycles. The fourth-order valence-corrected chi connectivity index (χ4v) is 2.50. The number of aromatic amines is 1. The van der Waals surface area contributed by atoms with Crippen LogP contribution >= 0.6 is 0 Å². The summed E-state index contributed by atoms with van der Waals surface area (Å²) in [5, 5.41) is 18.9. The minimum Gasteiger partial charge on any atom is -0.479 e. The van der Waals surface area contributed by atoms with Crippen LogP contribution in [0.3, 0.4) is 0 Å². The number of carboxylic acids is 1. The summed E-state index contributed by atoms with van der Waals surface area (Å²) in [6.45, 7) is 1.32. The Hall–Kier alpha value is -2.50. The van der Waals surface area contributed by atoms with E-state index in [-0.39, 0.29) is 30.1 Å². The van der Waals surface area contributed by atoms with E-state index in [1.807, 2.05) is 0 Å². The van der Waals surface area contributed by atoms with E-state index in [4.69, 9.17) is 20.3 Å². The molecule has 1 saturated heterocycles. The van der Waals surface area contributed by atoms with Crippen molar-refractivity contribution in [2.75, 3.05) is 12.3 Å². The van der Waals surface area contributed by atoms with Crippen LogP contribution < -0.4 is 11.3 Å². The van der Waals surface area contributed by atoms with E-state index < -0.39 is 36.1 Å². The Bertz CT molecular complexity index is 817. The molecule has 3 rings (SSSR count). The number of fused-ring (bicyclic) bond motifs is 1. The summed E-state index contributed by atoms with van der Waals surface area (Å²) in [5.74, 6) is -1.15. The first kappa shape index (κ1) is 16.4. The average molecular weight is 339 g/mol. The topological polar surface area (TPSA) is 166 Å². The van der Waals surface area contributed by atoms with Crippen molar-refractivity contribution < 1.29 is 24.5 Å². The molecule has 0 radical (unpaired) electrons. The van der Waals surface area contributed by atoms with Gasteiger partial charge in [-0.25, -0.2) is 9.78 Å². The van der Waals surface area contributed by atoms with Crippen LogP contribution in [0, 0.1) is 0 Å². The van der Waals surface area contributed by atoms with Crippen molar-refractivity contribution in [2.45, 2.75) is 37.9 Å². The van der Waals surface area contributed by atoms with Crippen LogP contribution in [-0.2, 0) is 14.3 Å². The zero-order chi connectivity index (χ0) is 17.4. The minimum atomic E-state index is -1.10. The number of rotatable bonds is 5. The lowest BCUT2D eigenvalue weighted by Crippen LogP contribution is -2.31. The van der Waals surface area contributed by atoms with Crippen LogP contribution in [0.25, 0.3) is 11.2 Å². The Morgan fingerprint density at radius 2 is 2.42 bits per heavy atom. The molecule has 1 aliphatic rings. The van der Waals surface area contributed by atoms with E-state index in [0.717, 1.165) is 0 Å². The van der Waals surface area contributed by atoms with Gasteiger partial charge in [0.25, 0.3) is 5.56 Å². The number of hydrogen-bond donors (Lipinski definition) is 4. The number of nitrogens with two attached hydrogens (primary N) is 1. The lowest BCUT2D eigenvalue weighted by atomic mass is 10.2. The van der Waals surface area contributed by atoms with Crippen LogP contribution in [0.5, 0.6) is 0 Å². The Morgan fingerprint density at radius 3 is 3.12 bits per heavy atom. The third-order valence-electron chi connectivity index (χ3n) is 3.82. The summed E-state index contributed by atoms with van der Waals surface area (Å²) in [6.07, 6.45) is -1.58. The number of ether oxygens (including phenoxy) is 2. The highest BCUT2D eigenvalue weighted by atomic mass is 16.6. The van der Waals surface area contributed by atoms with Gasteiger partial charge in [0.05, 0.1) is 19.0 Å². The summed E-state index contributed by atoms with van der Waals surface area (Å²) in [5.41, 5.74) is 5.43. The SMILES string of the molecule is CC(OC[C@H]1O[C@@H](n2cnc3c(=O)[nH]c(N)nc32)C[C@@H]1O)C(=O)O. The number of aromatic nitrogens is 4. The Kier molecular flexibility index (Phi) is 4.22. The number of aliphatic hydroxyl groups excluding tert-OH is 1. The van der Waals surface area contributed by atoms with Crippen LogP contribution in [-0.4, -0.2) is 60.6 Å². The number of hydrogen-bond acceptors (Lipinski definition) is 8. The Morgan fingerprint density at radius 1 is 1.67 bits per heavy atom. The van der Waals surface area contributed by atoms with Crippen molar-refractivity contribution in [1.29, 1.82) is 0 Å². The molecule has 1 aliphatic heterocycles. The molecule has 0 aromatic carbocycles. The molecule has 130 valence electrons. The van der Waals surface area contributed by atoms with Gasteiger partial charge in [-0.3, -0.25) is 14.3 Å². The van der Waals surface area contributed by atoms with Crippen LogP contribution in [0.15, 0.2) is 11.1 Å². The highest BCUT2D eigenvalue weighted by Crippen LogP contribution is 2.30. The summed E-state index contributed by atoms with van der Waals surface area (Å²) < 4.78 is 12.4. The first-order chi connectivity index (χ1) is 11.4. The predicted octanol–water partition coefficient (Wildman–Crippen LogP) is -1.16. The second-order valence-electron chi connectivity index (χ2n) is 5.52. The number of nitrogens with zero attached hydrogens (tertiary/aromatic N) is 3. The molecule has 3 heterocycles. The van der Waals surface area contributed by atoms with Gasteiger partial charge in [0.2, 0.25) is 5.95 Å².